The van der Waals surface area contributed by atoms with Gasteiger partial charge in [0.2, 0.25) is 11.8 Å². The standard InChI is InChI=1S/C23H32N2O3/c1-17-13-20-14-18(8-9-21(20)28-17)15-22(26)25-12-6-7-19(16-25)23(27)24-10-4-2-3-5-11-24/h8-9,14,17,19H,2-7,10-13,15-16H2,1H3/t17-,19+/m1/s1. The fourth-order valence-corrected chi connectivity index (χ4v) is 4.83. The highest BCUT2D eigenvalue weighted by atomic mass is 16.5. The van der Waals surface area contributed by atoms with Crippen LogP contribution in [0.5, 0.6) is 5.75 Å². The lowest BCUT2D eigenvalue weighted by molar-refractivity contribution is -0.140. The lowest BCUT2D eigenvalue weighted by Gasteiger charge is -2.35. The zero-order valence-corrected chi connectivity index (χ0v) is 17.0. The molecule has 0 saturated carbocycles. The Morgan fingerprint density at radius 2 is 1.79 bits per heavy atom. The molecule has 3 heterocycles. The number of carbonyl (C=O) groups is 2. The van der Waals surface area contributed by atoms with Crippen LogP contribution in [0, 0.1) is 5.92 Å². The Bertz CT molecular complexity index is 725. The molecule has 2 amide bonds. The third-order valence-electron chi connectivity index (χ3n) is 6.36. The van der Waals surface area contributed by atoms with Gasteiger partial charge in [-0.05, 0) is 49.8 Å². The number of fused-ring (bicyclic) bond motifs is 1. The SMILES string of the molecule is C[C@@H]1Cc2cc(CC(=O)N3CCC[C@H](C(=O)N4CCCCCC4)C3)ccc2O1. The number of ether oxygens (including phenoxy) is 1. The van der Waals surface area contributed by atoms with Crippen LogP contribution in [0.15, 0.2) is 18.2 Å². The van der Waals surface area contributed by atoms with Gasteiger partial charge in [-0.25, -0.2) is 0 Å². The lowest BCUT2D eigenvalue weighted by Crippen LogP contribution is -2.47. The van der Waals surface area contributed by atoms with Crippen LogP contribution in [0.3, 0.4) is 0 Å². The molecular formula is C23H32N2O3. The van der Waals surface area contributed by atoms with E-state index in [2.05, 4.69) is 13.0 Å². The maximum Gasteiger partial charge on any atom is 0.227 e. The number of hydrogen-bond acceptors (Lipinski definition) is 3. The fraction of sp³-hybridized carbons (Fsp3) is 0.652. The third-order valence-corrected chi connectivity index (χ3v) is 6.36. The van der Waals surface area contributed by atoms with Crippen molar-refractivity contribution < 1.29 is 14.3 Å². The molecule has 28 heavy (non-hydrogen) atoms. The highest BCUT2D eigenvalue weighted by Gasteiger charge is 2.31. The van der Waals surface area contributed by atoms with Crippen LogP contribution in [-0.2, 0) is 22.4 Å². The summed E-state index contributed by atoms with van der Waals surface area (Å²) in [7, 11) is 0. The van der Waals surface area contributed by atoms with Crippen molar-refractivity contribution in [1.82, 2.24) is 9.80 Å². The van der Waals surface area contributed by atoms with Crippen LogP contribution in [0.2, 0.25) is 0 Å². The van der Waals surface area contributed by atoms with Crippen molar-refractivity contribution in [2.24, 2.45) is 5.92 Å². The summed E-state index contributed by atoms with van der Waals surface area (Å²) in [5, 5.41) is 0. The molecule has 4 rings (SSSR count). The first-order valence-corrected chi connectivity index (χ1v) is 10.9. The van der Waals surface area contributed by atoms with Gasteiger partial charge in [0.05, 0.1) is 12.3 Å². The Morgan fingerprint density at radius 1 is 1.04 bits per heavy atom. The molecule has 2 atom stereocenters. The first-order valence-electron chi connectivity index (χ1n) is 10.9. The molecule has 2 fully saturated rings. The van der Waals surface area contributed by atoms with E-state index in [0.29, 0.717) is 13.0 Å². The highest BCUT2D eigenvalue weighted by Crippen LogP contribution is 2.30. The van der Waals surface area contributed by atoms with Gasteiger partial charge in [0.25, 0.3) is 0 Å². The van der Waals surface area contributed by atoms with E-state index in [0.717, 1.165) is 63.1 Å². The van der Waals surface area contributed by atoms with E-state index < -0.39 is 0 Å². The van der Waals surface area contributed by atoms with Crippen LogP contribution < -0.4 is 4.74 Å². The summed E-state index contributed by atoms with van der Waals surface area (Å²) in [4.78, 5) is 29.8. The second-order valence-electron chi connectivity index (χ2n) is 8.67. The van der Waals surface area contributed by atoms with Crippen molar-refractivity contribution in [2.45, 2.75) is 64.4 Å². The number of likely N-dealkylation sites (tertiary alicyclic amines) is 2. The van der Waals surface area contributed by atoms with Gasteiger partial charge in [-0.1, -0.05) is 25.0 Å². The van der Waals surface area contributed by atoms with Gasteiger partial charge in [0.1, 0.15) is 11.9 Å². The smallest absolute Gasteiger partial charge is 0.227 e. The Kier molecular flexibility index (Phi) is 5.88. The average Bonchev–Trinajstić information content (AvgIpc) is 2.90. The summed E-state index contributed by atoms with van der Waals surface area (Å²) in [5.41, 5.74) is 2.24. The molecule has 0 aromatic heterocycles. The van der Waals surface area contributed by atoms with E-state index in [-0.39, 0.29) is 23.8 Å². The molecule has 5 heteroatoms. The first-order chi connectivity index (χ1) is 13.6. The van der Waals surface area contributed by atoms with E-state index in [1.54, 1.807) is 0 Å². The monoisotopic (exact) mass is 384 g/mol. The van der Waals surface area contributed by atoms with Crippen molar-refractivity contribution in [3.63, 3.8) is 0 Å². The molecule has 5 nitrogen and oxygen atoms in total. The third kappa shape index (κ3) is 4.34. The van der Waals surface area contributed by atoms with Gasteiger partial charge in [-0.15, -0.1) is 0 Å². The van der Waals surface area contributed by atoms with Crippen LogP contribution >= 0.6 is 0 Å². The second-order valence-corrected chi connectivity index (χ2v) is 8.67. The summed E-state index contributed by atoms with van der Waals surface area (Å²) >= 11 is 0. The van der Waals surface area contributed by atoms with Crippen LogP contribution in [0.1, 0.15) is 56.6 Å². The summed E-state index contributed by atoms with van der Waals surface area (Å²) < 4.78 is 5.75. The molecule has 3 aliphatic rings. The zero-order valence-electron chi connectivity index (χ0n) is 17.0. The quantitative estimate of drug-likeness (QED) is 0.804. The number of rotatable bonds is 3. The van der Waals surface area contributed by atoms with Crippen molar-refractivity contribution in [2.75, 3.05) is 26.2 Å². The number of benzene rings is 1. The number of hydrogen-bond donors (Lipinski definition) is 0. The molecule has 0 bridgehead atoms. The van der Waals surface area contributed by atoms with Crippen molar-refractivity contribution in [3.05, 3.63) is 29.3 Å². The molecule has 2 saturated heterocycles. The fourth-order valence-electron chi connectivity index (χ4n) is 4.83. The highest BCUT2D eigenvalue weighted by molar-refractivity contribution is 5.82. The van der Waals surface area contributed by atoms with E-state index in [1.807, 2.05) is 21.9 Å². The summed E-state index contributed by atoms with van der Waals surface area (Å²) in [6.45, 7) is 5.20. The van der Waals surface area contributed by atoms with E-state index in [9.17, 15) is 9.59 Å². The minimum atomic E-state index is -0.0231. The van der Waals surface area contributed by atoms with Gasteiger partial charge in [0.15, 0.2) is 0 Å². The normalized spacial score (nSPS) is 25.0. The molecule has 152 valence electrons. The van der Waals surface area contributed by atoms with E-state index >= 15 is 0 Å². The van der Waals surface area contributed by atoms with Crippen molar-refractivity contribution in [3.8, 4) is 5.75 Å². The first kappa shape index (κ1) is 19.3. The summed E-state index contributed by atoms with van der Waals surface area (Å²) in [6, 6.07) is 6.10. The van der Waals surface area contributed by atoms with Crippen LogP contribution in [0.25, 0.3) is 0 Å². The summed E-state index contributed by atoms with van der Waals surface area (Å²) in [6.07, 6.45) is 8.05. The predicted molar refractivity (Wildman–Crippen MR) is 108 cm³/mol. The molecular weight excluding hydrogens is 352 g/mol. The average molecular weight is 385 g/mol. The topological polar surface area (TPSA) is 49.9 Å². The van der Waals surface area contributed by atoms with Gasteiger partial charge < -0.3 is 14.5 Å². The van der Waals surface area contributed by atoms with Crippen LogP contribution in [0.4, 0.5) is 0 Å². The Morgan fingerprint density at radius 3 is 2.57 bits per heavy atom. The Labute approximate surface area is 168 Å². The largest absolute Gasteiger partial charge is 0.490 e. The molecule has 0 radical (unpaired) electrons. The summed E-state index contributed by atoms with van der Waals surface area (Å²) in [5.74, 6) is 1.33. The van der Waals surface area contributed by atoms with Gasteiger partial charge in [-0.3, -0.25) is 9.59 Å². The minimum absolute atomic E-state index is 0.0231. The number of piperidine rings is 1. The molecule has 0 spiro atoms. The predicted octanol–water partition coefficient (Wildman–Crippen LogP) is 3.19. The molecule has 0 N–H and O–H groups in total. The maximum atomic E-state index is 13.0. The van der Waals surface area contributed by atoms with Gasteiger partial charge in [-0.2, -0.15) is 0 Å². The van der Waals surface area contributed by atoms with E-state index in [4.69, 9.17) is 4.74 Å². The lowest BCUT2D eigenvalue weighted by atomic mass is 9.95. The molecule has 1 aromatic carbocycles. The zero-order chi connectivity index (χ0) is 19.5. The number of nitrogens with zero attached hydrogens (tertiary/aromatic N) is 2. The maximum absolute atomic E-state index is 13.0. The molecule has 0 aliphatic carbocycles. The minimum Gasteiger partial charge on any atom is -0.490 e. The molecule has 1 aromatic rings. The van der Waals surface area contributed by atoms with Crippen LogP contribution in [-0.4, -0.2) is 53.9 Å². The van der Waals surface area contributed by atoms with Crippen molar-refractivity contribution >= 4 is 11.8 Å². The van der Waals surface area contributed by atoms with Gasteiger partial charge >= 0.3 is 0 Å². The Hall–Kier alpha value is -2.04. The number of amides is 2. The van der Waals surface area contributed by atoms with Crippen molar-refractivity contribution in [1.29, 1.82) is 0 Å². The molecule has 3 aliphatic heterocycles. The Balaban J connectivity index is 1.35. The van der Waals surface area contributed by atoms with E-state index in [1.165, 1.54) is 18.4 Å². The molecule has 0 unspecified atom stereocenters. The number of carbonyl (C=O) groups excluding carboxylic acids is 2. The van der Waals surface area contributed by atoms with Gasteiger partial charge in [0, 0.05) is 32.6 Å². The second kappa shape index (κ2) is 8.54.